The van der Waals surface area contributed by atoms with E-state index in [1.54, 1.807) is 24.3 Å². The Bertz CT molecular complexity index is 603. The van der Waals surface area contributed by atoms with E-state index in [1.165, 1.54) is 0 Å². The molecule has 21 heavy (non-hydrogen) atoms. The van der Waals surface area contributed by atoms with Gasteiger partial charge in [-0.25, -0.2) is 15.8 Å². The van der Waals surface area contributed by atoms with Gasteiger partial charge in [0.25, 0.3) is 0 Å². The van der Waals surface area contributed by atoms with Crippen molar-refractivity contribution < 1.29 is 4.74 Å². The van der Waals surface area contributed by atoms with Crippen molar-refractivity contribution in [1.29, 1.82) is 0 Å². The summed E-state index contributed by atoms with van der Waals surface area (Å²) in [6.07, 6.45) is 0. The SMILES string of the molecule is CCOCc1nc(NN)cc(Nc2c(Cl)cccc2Cl)n1. The molecule has 0 saturated heterocycles. The number of para-hydroxylation sites is 1. The highest BCUT2D eigenvalue weighted by Gasteiger charge is 2.09. The Labute approximate surface area is 132 Å². The summed E-state index contributed by atoms with van der Waals surface area (Å²) in [5.41, 5.74) is 3.06. The number of aromatic nitrogens is 2. The number of anilines is 3. The maximum atomic E-state index is 6.12. The van der Waals surface area contributed by atoms with Crippen LogP contribution in [0.1, 0.15) is 12.7 Å². The molecule has 0 radical (unpaired) electrons. The number of rotatable bonds is 6. The molecule has 0 aliphatic carbocycles. The molecule has 1 heterocycles. The lowest BCUT2D eigenvalue weighted by atomic mass is 10.3. The smallest absolute Gasteiger partial charge is 0.158 e. The van der Waals surface area contributed by atoms with Gasteiger partial charge in [0.1, 0.15) is 18.2 Å². The van der Waals surface area contributed by atoms with Crippen molar-refractivity contribution in [3.63, 3.8) is 0 Å². The third-order valence-electron chi connectivity index (χ3n) is 2.57. The predicted molar refractivity (Wildman–Crippen MR) is 84.9 cm³/mol. The Morgan fingerprint density at radius 2 is 1.86 bits per heavy atom. The van der Waals surface area contributed by atoms with Crippen LogP contribution in [0.3, 0.4) is 0 Å². The van der Waals surface area contributed by atoms with Gasteiger partial charge in [-0.2, -0.15) is 0 Å². The van der Waals surface area contributed by atoms with Gasteiger partial charge in [-0.05, 0) is 19.1 Å². The van der Waals surface area contributed by atoms with E-state index in [1.807, 2.05) is 6.92 Å². The molecule has 112 valence electrons. The second-order valence-electron chi connectivity index (χ2n) is 4.06. The zero-order valence-electron chi connectivity index (χ0n) is 11.4. The largest absolute Gasteiger partial charge is 0.374 e. The third-order valence-corrected chi connectivity index (χ3v) is 3.20. The van der Waals surface area contributed by atoms with Gasteiger partial charge < -0.3 is 15.5 Å². The van der Waals surface area contributed by atoms with Gasteiger partial charge in [0, 0.05) is 12.7 Å². The van der Waals surface area contributed by atoms with Crippen LogP contribution >= 0.6 is 23.2 Å². The normalized spacial score (nSPS) is 10.5. The molecule has 2 rings (SSSR count). The van der Waals surface area contributed by atoms with Crippen LogP contribution in [0.2, 0.25) is 10.0 Å². The standard InChI is InChI=1S/C13H15Cl2N5O/c1-2-21-7-12-17-10(6-11(18-12)20-16)19-13-8(14)4-3-5-9(13)15/h3-6H,2,7,16H2,1H3,(H2,17,18,19,20). The van der Waals surface area contributed by atoms with Gasteiger partial charge >= 0.3 is 0 Å². The van der Waals surface area contributed by atoms with E-state index < -0.39 is 0 Å². The Kier molecular flexibility index (Phi) is 5.58. The summed E-state index contributed by atoms with van der Waals surface area (Å²) in [5.74, 6) is 6.89. The molecule has 1 aromatic carbocycles. The molecule has 4 N–H and O–H groups in total. The minimum atomic E-state index is 0.289. The summed E-state index contributed by atoms with van der Waals surface area (Å²) in [6.45, 7) is 2.76. The number of nitrogen functional groups attached to an aromatic ring is 1. The molecule has 0 saturated carbocycles. The highest BCUT2D eigenvalue weighted by Crippen LogP contribution is 2.32. The zero-order valence-corrected chi connectivity index (χ0v) is 12.9. The van der Waals surface area contributed by atoms with Crippen LogP contribution in [0.5, 0.6) is 0 Å². The third kappa shape index (κ3) is 4.18. The lowest BCUT2D eigenvalue weighted by Gasteiger charge is -2.12. The van der Waals surface area contributed by atoms with Gasteiger partial charge in [-0.1, -0.05) is 29.3 Å². The summed E-state index contributed by atoms with van der Waals surface area (Å²) in [4.78, 5) is 8.53. The van der Waals surface area contributed by atoms with Crippen LogP contribution < -0.4 is 16.6 Å². The van der Waals surface area contributed by atoms with Crippen molar-refractivity contribution in [2.75, 3.05) is 17.3 Å². The summed E-state index contributed by atoms with van der Waals surface area (Å²) >= 11 is 12.2. The average Bonchev–Trinajstić information content (AvgIpc) is 2.49. The van der Waals surface area contributed by atoms with Gasteiger partial charge in [0.2, 0.25) is 0 Å². The first-order chi connectivity index (χ1) is 10.1. The van der Waals surface area contributed by atoms with Crippen LogP contribution in [-0.4, -0.2) is 16.6 Å². The van der Waals surface area contributed by atoms with Crippen molar-refractivity contribution in [2.45, 2.75) is 13.5 Å². The van der Waals surface area contributed by atoms with Gasteiger partial charge in [-0.3, -0.25) is 0 Å². The van der Waals surface area contributed by atoms with Crippen molar-refractivity contribution in [3.05, 3.63) is 40.1 Å². The number of nitrogens with one attached hydrogen (secondary N) is 2. The number of halogens is 2. The molecule has 0 amide bonds. The molecular formula is C13H15Cl2N5O. The first-order valence-corrected chi connectivity index (χ1v) is 7.03. The number of nitrogens with zero attached hydrogens (tertiary/aromatic N) is 2. The van der Waals surface area contributed by atoms with Gasteiger partial charge in [-0.15, -0.1) is 0 Å². The highest BCUT2D eigenvalue weighted by atomic mass is 35.5. The van der Waals surface area contributed by atoms with Crippen LogP contribution in [0, 0.1) is 0 Å². The molecule has 8 heteroatoms. The number of hydrogen-bond donors (Lipinski definition) is 3. The molecule has 2 aromatic rings. The number of ether oxygens (including phenoxy) is 1. The molecule has 0 unspecified atom stereocenters. The van der Waals surface area contributed by atoms with Gasteiger partial charge in [0.15, 0.2) is 5.82 Å². The molecule has 0 fully saturated rings. The first kappa shape index (κ1) is 15.8. The van der Waals surface area contributed by atoms with E-state index in [-0.39, 0.29) is 6.61 Å². The second kappa shape index (κ2) is 7.42. The molecule has 0 bridgehead atoms. The number of hydrazine groups is 1. The summed E-state index contributed by atoms with van der Waals surface area (Å²) < 4.78 is 5.30. The van der Waals surface area contributed by atoms with Crippen LogP contribution in [0.4, 0.5) is 17.3 Å². The van der Waals surface area contributed by atoms with Crippen LogP contribution in [0.15, 0.2) is 24.3 Å². The fourth-order valence-electron chi connectivity index (χ4n) is 1.64. The van der Waals surface area contributed by atoms with Crippen molar-refractivity contribution in [3.8, 4) is 0 Å². The quantitative estimate of drug-likeness (QED) is 0.557. The zero-order chi connectivity index (χ0) is 15.2. The molecule has 1 aromatic heterocycles. The predicted octanol–water partition coefficient (Wildman–Crippen LogP) is 3.35. The maximum absolute atomic E-state index is 6.12. The van der Waals surface area contributed by atoms with Crippen LogP contribution in [-0.2, 0) is 11.3 Å². The lowest BCUT2D eigenvalue weighted by Crippen LogP contribution is -2.12. The second-order valence-corrected chi connectivity index (χ2v) is 4.87. The Morgan fingerprint density at radius 3 is 2.48 bits per heavy atom. The van der Waals surface area contributed by atoms with E-state index in [0.717, 1.165) is 0 Å². The molecule has 6 nitrogen and oxygen atoms in total. The Balaban J connectivity index is 2.30. The highest BCUT2D eigenvalue weighted by molar-refractivity contribution is 6.39. The number of nitrogens with two attached hydrogens (primary N) is 1. The van der Waals surface area contributed by atoms with E-state index in [0.29, 0.717) is 39.8 Å². The minimum absolute atomic E-state index is 0.289. The van der Waals surface area contributed by atoms with E-state index in [2.05, 4.69) is 20.7 Å². The molecule has 0 aliphatic heterocycles. The minimum Gasteiger partial charge on any atom is -0.374 e. The monoisotopic (exact) mass is 327 g/mol. The van der Waals surface area contributed by atoms with Crippen LogP contribution in [0.25, 0.3) is 0 Å². The maximum Gasteiger partial charge on any atom is 0.158 e. The van der Waals surface area contributed by atoms with E-state index in [4.69, 9.17) is 33.8 Å². The number of hydrogen-bond acceptors (Lipinski definition) is 6. The number of benzene rings is 1. The van der Waals surface area contributed by atoms with Crippen molar-refractivity contribution in [1.82, 2.24) is 9.97 Å². The van der Waals surface area contributed by atoms with E-state index in [9.17, 15) is 0 Å². The lowest BCUT2D eigenvalue weighted by molar-refractivity contribution is 0.128. The first-order valence-electron chi connectivity index (χ1n) is 6.27. The summed E-state index contributed by atoms with van der Waals surface area (Å²) in [6, 6.07) is 6.89. The fraction of sp³-hybridized carbons (Fsp3) is 0.231. The summed E-state index contributed by atoms with van der Waals surface area (Å²) in [7, 11) is 0. The molecular weight excluding hydrogens is 313 g/mol. The molecule has 0 atom stereocenters. The van der Waals surface area contributed by atoms with Gasteiger partial charge in [0.05, 0.1) is 15.7 Å². The van der Waals surface area contributed by atoms with E-state index >= 15 is 0 Å². The molecule has 0 spiro atoms. The van der Waals surface area contributed by atoms with Crippen molar-refractivity contribution in [2.24, 2.45) is 5.84 Å². The molecule has 0 aliphatic rings. The average molecular weight is 328 g/mol. The Hall–Kier alpha value is -1.60. The Morgan fingerprint density at radius 1 is 1.19 bits per heavy atom. The fourth-order valence-corrected chi connectivity index (χ4v) is 2.13. The summed E-state index contributed by atoms with van der Waals surface area (Å²) in [5, 5.41) is 4.06. The van der Waals surface area contributed by atoms with Crippen molar-refractivity contribution >= 4 is 40.5 Å². The topological polar surface area (TPSA) is 85.1 Å².